The minimum atomic E-state index is -0.343. The lowest BCUT2D eigenvalue weighted by Crippen LogP contribution is -2.62. The van der Waals surface area contributed by atoms with Crippen molar-refractivity contribution in [2.24, 2.45) is 40.4 Å². The number of hydrogen-bond acceptors (Lipinski definition) is 4. The molecular formula is C30H44O4. The molecule has 0 aromatic heterocycles. The van der Waals surface area contributed by atoms with Crippen LogP contribution < -0.4 is 0 Å². The van der Waals surface area contributed by atoms with Gasteiger partial charge >= 0.3 is 5.97 Å². The van der Waals surface area contributed by atoms with Crippen LogP contribution in [-0.4, -0.2) is 23.8 Å². The van der Waals surface area contributed by atoms with Crippen molar-refractivity contribution in [3.8, 4) is 0 Å². The highest BCUT2D eigenvalue weighted by molar-refractivity contribution is 5.66. The Morgan fingerprint density at radius 2 is 1.91 bits per heavy atom. The number of ether oxygens (including phenoxy) is 1. The van der Waals surface area contributed by atoms with Crippen LogP contribution in [0.15, 0.2) is 35.5 Å². The van der Waals surface area contributed by atoms with E-state index in [-0.39, 0.29) is 34.6 Å². The Morgan fingerprint density at radius 3 is 2.62 bits per heavy atom. The van der Waals surface area contributed by atoms with Gasteiger partial charge in [0.15, 0.2) is 0 Å². The van der Waals surface area contributed by atoms with Crippen LogP contribution >= 0.6 is 0 Å². The lowest BCUT2D eigenvalue weighted by Gasteiger charge is -2.61. The number of rotatable bonds is 5. The molecule has 188 valence electrons. The molecule has 0 amide bonds. The molecule has 1 spiro atoms. The van der Waals surface area contributed by atoms with Crippen LogP contribution in [0.1, 0.15) is 87.0 Å². The maximum absolute atomic E-state index is 11.6. The van der Waals surface area contributed by atoms with Gasteiger partial charge < -0.3 is 4.74 Å². The third-order valence-electron chi connectivity index (χ3n) is 10.7. The molecule has 2 aliphatic heterocycles. The smallest absolute Gasteiger partial charge is 0.302 e. The molecule has 34 heavy (non-hydrogen) atoms. The molecule has 4 heteroatoms. The first-order chi connectivity index (χ1) is 16.0. The van der Waals surface area contributed by atoms with Gasteiger partial charge in [-0.2, -0.15) is 0 Å². The highest BCUT2D eigenvalue weighted by Gasteiger charge is 2.70. The molecule has 9 unspecified atom stereocenters. The number of carbonyl (C=O) groups is 1. The molecule has 2 saturated carbocycles. The second-order valence-corrected chi connectivity index (χ2v) is 12.8. The predicted octanol–water partition coefficient (Wildman–Crippen LogP) is 6.96. The van der Waals surface area contributed by atoms with Gasteiger partial charge in [-0.15, -0.1) is 0 Å². The maximum Gasteiger partial charge on any atom is 0.302 e. The van der Waals surface area contributed by atoms with Gasteiger partial charge in [0.05, 0.1) is 0 Å². The zero-order valence-corrected chi connectivity index (χ0v) is 22.2. The molecule has 0 radical (unpaired) electrons. The lowest BCUT2D eigenvalue weighted by molar-refractivity contribution is -0.432. The van der Waals surface area contributed by atoms with Gasteiger partial charge in [0, 0.05) is 12.3 Å². The second-order valence-electron chi connectivity index (χ2n) is 12.8. The molecule has 3 fully saturated rings. The molecule has 4 aliphatic carbocycles. The standard InChI is InChI=1S/C30H44O4/c1-18(2)19(3)8-9-20(4)24-13-15-30-25-11-10-22-16-23(32-21(5)31)12-14-28(22,6)27(25)26(33-34-30)17-29(24,30)7/h8-11,18-20,22-24,26H,12-17H2,1-7H3. The first-order valence-electron chi connectivity index (χ1n) is 13.6. The van der Waals surface area contributed by atoms with Gasteiger partial charge in [0.25, 0.3) is 0 Å². The second kappa shape index (κ2) is 8.34. The van der Waals surface area contributed by atoms with E-state index >= 15 is 0 Å². The van der Waals surface area contributed by atoms with Gasteiger partial charge in [-0.25, -0.2) is 9.78 Å². The molecule has 6 rings (SSSR count). The van der Waals surface area contributed by atoms with Crippen molar-refractivity contribution in [2.75, 3.05) is 0 Å². The fraction of sp³-hybridized carbons (Fsp3) is 0.767. The third-order valence-corrected chi connectivity index (χ3v) is 10.7. The van der Waals surface area contributed by atoms with E-state index in [4.69, 9.17) is 14.5 Å². The van der Waals surface area contributed by atoms with Crippen molar-refractivity contribution in [3.05, 3.63) is 35.5 Å². The van der Waals surface area contributed by atoms with E-state index in [1.165, 1.54) is 24.5 Å². The highest BCUT2D eigenvalue weighted by Crippen LogP contribution is 2.70. The molecule has 4 nitrogen and oxygen atoms in total. The summed E-state index contributed by atoms with van der Waals surface area (Å²) in [4.78, 5) is 24.1. The Kier molecular flexibility index (Phi) is 5.96. The summed E-state index contributed by atoms with van der Waals surface area (Å²) in [7, 11) is 0. The van der Waals surface area contributed by atoms with Crippen molar-refractivity contribution in [3.63, 3.8) is 0 Å². The molecule has 0 aromatic carbocycles. The van der Waals surface area contributed by atoms with Crippen LogP contribution in [0.3, 0.4) is 0 Å². The van der Waals surface area contributed by atoms with Crippen LogP contribution in [0, 0.1) is 40.4 Å². The average molecular weight is 469 g/mol. The first-order valence-corrected chi connectivity index (χ1v) is 13.6. The minimum Gasteiger partial charge on any atom is -0.463 e. The van der Waals surface area contributed by atoms with Crippen LogP contribution in [0.5, 0.6) is 0 Å². The summed E-state index contributed by atoms with van der Waals surface area (Å²) in [6.45, 7) is 15.7. The number of hydrogen-bond donors (Lipinski definition) is 0. The normalized spacial score (nSPS) is 44.7. The fourth-order valence-corrected chi connectivity index (χ4v) is 8.24. The van der Waals surface area contributed by atoms with E-state index in [0.717, 1.165) is 32.1 Å². The maximum atomic E-state index is 11.6. The van der Waals surface area contributed by atoms with Gasteiger partial charge in [0.2, 0.25) is 0 Å². The predicted molar refractivity (Wildman–Crippen MR) is 134 cm³/mol. The Labute approximate surface area is 206 Å². The van der Waals surface area contributed by atoms with E-state index in [1.54, 1.807) is 0 Å². The first kappa shape index (κ1) is 24.3. The molecule has 1 saturated heterocycles. The van der Waals surface area contributed by atoms with Gasteiger partial charge in [0.1, 0.15) is 17.8 Å². The highest BCUT2D eigenvalue weighted by atomic mass is 17.2. The Hall–Kier alpha value is -1.39. The van der Waals surface area contributed by atoms with Crippen molar-refractivity contribution in [1.29, 1.82) is 0 Å². The van der Waals surface area contributed by atoms with E-state index in [0.29, 0.717) is 29.6 Å². The summed E-state index contributed by atoms with van der Waals surface area (Å²) >= 11 is 0. The fourth-order valence-electron chi connectivity index (χ4n) is 8.24. The monoisotopic (exact) mass is 468 g/mol. The van der Waals surface area contributed by atoms with Crippen LogP contribution in [0.25, 0.3) is 0 Å². The Morgan fingerprint density at radius 1 is 1.15 bits per heavy atom. The molecule has 6 aliphatic rings. The average Bonchev–Trinajstić information content (AvgIpc) is 3.09. The molecule has 2 heterocycles. The van der Waals surface area contributed by atoms with Crippen molar-refractivity contribution >= 4 is 5.97 Å². The number of allylic oxidation sites excluding steroid dienone is 3. The topological polar surface area (TPSA) is 44.8 Å². The van der Waals surface area contributed by atoms with Crippen LogP contribution in [0.2, 0.25) is 0 Å². The quantitative estimate of drug-likeness (QED) is 0.248. The SMILES string of the molecule is CC(=O)OC1CCC2(C)C3=C(C=CC2C1)C12CCC(C(C)C=CC(C)C(C)C)C1(C)CC3OO2. The van der Waals surface area contributed by atoms with E-state index in [9.17, 15) is 4.79 Å². The summed E-state index contributed by atoms with van der Waals surface area (Å²) in [5.74, 6) is 2.59. The molecule has 0 aromatic rings. The van der Waals surface area contributed by atoms with Gasteiger partial charge in [-0.1, -0.05) is 65.8 Å². The van der Waals surface area contributed by atoms with E-state index in [2.05, 4.69) is 65.8 Å². The summed E-state index contributed by atoms with van der Waals surface area (Å²) in [5, 5.41) is 0. The third kappa shape index (κ3) is 3.42. The summed E-state index contributed by atoms with van der Waals surface area (Å²) in [5.41, 5.74) is 2.69. The molecular weight excluding hydrogens is 424 g/mol. The van der Waals surface area contributed by atoms with E-state index < -0.39 is 0 Å². The van der Waals surface area contributed by atoms with Gasteiger partial charge in [-0.3, -0.25) is 4.79 Å². The molecule has 0 N–H and O–H groups in total. The van der Waals surface area contributed by atoms with Crippen molar-refractivity contribution in [1.82, 2.24) is 0 Å². The van der Waals surface area contributed by atoms with Crippen molar-refractivity contribution in [2.45, 2.75) is 105 Å². The Balaban J connectivity index is 1.45. The van der Waals surface area contributed by atoms with Gasteiger partial charge in [-0.05, 0) is 84.7 Å². The summed E-state index contributed by atoms with van der Waals surface area (Å²) in [6, 6.07) is 0. The number of fused-ring (bicyclic) bond motifs is 2. The largest absolute Gasteiger partial charge is 0.463 e. The summed E-state index contributed by atoms with van der Waals surface area (Å²) in [6.07, 6.45) is 15.8. The van der Waals surface area contributed by atoms with Crippen LogP contribution in [-0.2, 0) is 19.3 Å². The molecule has 2 bridgehead atoms. The van der Waals surface area contributed by atoms with Crippen molar-refractivity contribution < 1.29 is 19.3 Å². The minimum absolute atomic E-state index is 0.0240. The number of esters is 1. The van der Waals surface area contributed by atoms with Crippen LogP contribution in [0.4, 0.5) is 0 Å². The zero-order chi connectivity index (χ0) is 24.5. The summed E-state index contributed by atoms with van der Waals surface area (Å²) < 4.78 is 5.61. The van der Waals surface area contributed by atoms with E-state index in [1.807, 2.05) is 0 Å². The zero-order valence-electron chi connectivity index (χ0n) is 22.2. The molecule has 9 atom stereocenters. The Bertz CT molecular complexity index is 930. The lowest BCUT2D eigenvalue weighted by atomic mass is 9.49. The number of carbonyl (C=O) groups excluding carboxylic acids is 1.